The molecule has 0 bridgehead atoms. The first-order valence-electron chi connectivity index (χ1n) is 6.37. The van der Waals surface area contributed by atoms with E-state index in [1.807, 2.05) is 0 Å². The minimum absolute atomic E-state index is 0.108. The summed E-state index contributed by atoms with van der Waals surface area (Å²) in [6.45, 7) is 3.85. The maximum Gasteiger partial charge on any atom is 0.253 e. The molecule has 108 valence electrons. The van der Waals surface area contributed by atoms with Crippen molar-refractivity contribution in [2.45, 2.75) is 13.0 Å². The molecule has 1 aromatic rings. The number of amides is 2. The quantitative estimate of drug-likeness (QED) is 0.834. The van der Waals surface area contributed by atoms with Gasteiger partial charge in [-0.25, -0.2) is 4.98 Å². The van der Waals surface area contributed by atoms with Gasteiger partial charge in [-0.1, -0.05) is 11.6 Å². The highest BCUT2D eigenvalue weighted by molar-refractivity contribution is 6.29. The van der Waals surface area contributed by atoms with E-state index in [9.17, 15) is 9.59 Å². The molecule has 1 aliphatic rings. The summed E-state index contributed by atoms with van der Waals surface area (Å²) in [4.78, 5) is 29.6. The third-order valence-electron chi connectivity index (χ3n) is 3.03. The zero-order valence-corrected chi connectivity index (χ0v) is 11.9. The van der Waals surface area contributed by atoms with Crippen molar-refractivity contribution in [2.24, 2.45) is 0 Å². The number of rotatable bonds is 3. The van der Waals surface area contributed by atoms with Gasteiger partial charge in [0.05, 0.1) is 18.8 Å². The van der Waals surface area contributed by atoms with Gasteiger partial charge in [0, 0.05) is 19.3 Å². The van der Waals surface area contributed by atoms with Crippen molar-refractivity contribution in [2.75, 3.05) is 26.3 Å². The minimum Gasteiger partial charge on any atom is -0.378 e. The maximum absolute atomic E-state index is 12.1. The van der Waals surface area contributed by atoms with Gasteiger partial charge in [0.25, 0.3) is 5.91 Å². The first kappa shape index (κ1) is 14.7. The number of nitrogens with zero attached hydrogens (tertiary/aromatic N) is 2. The van der Waals surface area contributed by atoms with E-state index in [0.717, 1.165) is 0 Å². The molecule has 1 atom stereocenters. The van der Waals surface area contributed by atoms with Crippen LogP contribution in [0.15, 0.2) is 18.3 Å². The zero-order valence-electron chi connectivity index (χ0n) is 11.1. The Hall–Kier alpha value is -1.66. The third-order valence-corrected chi connectivity index (χ3v) is 3.25. The van der Waals surface area contributed by atoms with Crippen LogP contribution in [0.4, 0.5) is 0 Å². The van der Waals surface area contributed by atoms with E-state index in [1.54, 1.807) is 17.9 Å². The highest BCUT2D eigenvalue weighted by Gasteiger charge is 2.23. The van der Waals surface area contributed by atoms with Crippen molar-refractivity contribution in [1.29, 1.82) is 0 Å². The number of halogens is 1. The molecule has 1 fully saturated rings. The molecule has 1 aromatic heterocycles. The Morgan fingerprint density at radius 3 is 2.70 bits per heavy atom. The van der Waals surface area contributed by atoms with Crippen LogP contribution in [0.1, 0.15) is 17.3 Å². The second-order valence-electron chi connectivity index (χ2n) is 4.50. The van der Waals surface area contributed by atoms with Gasteiger partial charge in [-0.05, 0) is 19.1 Å². The fraction of sp³-hybridized carbons (Fsp3) is 0.462. The predicted molar refractivity (Wildman–Crippen MR) is 73.6 cm³/mol. The number of hydrogen-bond donors (Lipinski definition) is 1. The van der Waals surface area contributed by atoms with Crippen LogP contribution in [0.5, 0.6) is 0 Å². The van der Waals surface area contributed by atoms with Crippen molar-refractivity contribution in [3.05, 3.63) is 29.0 Å². The normalized spacial score (nSPS) is 16.6. The molecule has 2 rings (SSSR count). The minimum atomic E-state index is -0.587. The van der Waals surface area contributed by atoms with E-state index in [-0.39, 0.29) is 11.8 Å². The average molecular weight is 298 g/mol. The lowest BCUT2D eigenvalue weighted by atomic mass is 10.2. The fourth-order valence-corrected chi connectivity index (χ4v) is 2.02. The standard InChI is InChI=1S/C13H16ClN3O3/c1-9(13(19)17-4-6-20-7-5-17)16-12(18)10-2-3-11(14)15-8-10/h2-3,8-9H,4-7H2,1H3,(H,16,18). The summed E-state index contributed by atoms with van der Waals surface area (Å²) in [5, 5.41) is 2.98. The van der Waals surface area contributed by atoms with Crippen LogP contribution in [0, 0.1) is 0 Å². The maximum atomic E-state index is 12.1. The number of nitrogens with one attached hydrogen (secondary N) is 1. The van der Waals surface area contributed by atoms with Crippen molar-refractivity contribution in [1.82, 2.24) is 15.2 Å². The average Bonchev–Trinajstić information content (AvgIpc) is 2.48. The Labute approximate surface area is 122 Å². The molecule has 0 radical (unpaired) electrons. The van der Waals surface area contributed by atoms with E-state index in [1.165, 1.54) is 12.3 Å². The van der Waals surface area contributed by atoms with Crippen LogP contribution < -0.4 is 5.32 Å². The van der Waals surface area contributed by atoms with E-state index >= 15 is 0 Å². The van der Waals surface area contributed by atoms with Crippen molar-refractivity contribution in [3.63, 3.8) is 0 Å². The van der Waals surface area contributed by atoms with Crippen molar-refractivity contribution in [3.8, 4) is 0 Å². The molecule has 0 aliphatic carbocycles. The van der Waals surface area contributed by atoms with E-state index in [4.69, 9.17) is 16.3 Å². The molecule has 1 N–H and O–H groups in total. The van der Waals surface area contributed by atoms with Crippen LogP contribution in [-0.2, 0) is 9.53 Å². The smallest absolute Gasteiger partial charge is 0.253 e. The first-order valence-corrected chi connectivity index (χ1v) is 6.74. The molecule has 1 aliphatic heterocycles. The zero-order chi connectivity index (χ0) is 14.5. The van der Waals surface area contributed by atoms with Crippen LogP contribution in [0.25, 0.3) is 0 Å². The topological polar surface area (TPSA) is 71.5 Å². The largest absolute Gasteiger partial charge is 0.378 e. The summed E-state index contributed by atoms with van der Waals surface area (Å²) < 4.78 is 5.19. The third kappa shape index (κ3) is 3.68. The summed E-state index contributed by atoms with van der Waals surface area (Å²) in [7, 11) is 0. The molecule has 2 heterocycles. The van der Waals surface area contributed by atoms with Gasteiger partial charge in [-0.2, -0.15) is 0 Å². The summed E-state index contributed by atoms with van der Waals surface area (Å²) >= 11 is 5.66. The molecule has 2 amide bonds. The molecular weight excluding hydrogens is 282 g/mol. The van der Waals surface area contributed by atoms with Gasteiger partial charge in [0.2, 0.25) is 5.91 Å². The van der Waals surface area contributed by atoms with Gasteiger partial charge >= 0.3 is 0 Å². The summed E-state index contributed by atoms with van der Waals surface area (Å²) in [6, 6.07) is 2.51. The van der Waals surface area contributed by atoms with Gasteiger partial charge in [-0.15, -0.1) is 0 Å². The van der Waals surface area contributed by atoms with E-state index < -0.39 is 6.04 Å². The molecule has 0 saturated carbocycles. The molecule has 0 aromatic carbocycles. The lowest BCUT2D eigenvalue weighted by Crippen LogP contribution is -2.50. The van der Waals surface area contributed by atoms with E-state index in [2.05, 4.69) is 10.3 Å². The lowest BCUT2D eigenvalue weighted by molar-refractivity contribution is -0.136. The lowest BCUT2D eigenvalue weighted by Gasteiger charge is -2.29. The first-order chi connectivity index (χ1) is 9.58. The van der Waals surface area contributed by atoms with Crippen molar-refractivity contribution >= 4 is 23.4 Å². The number of morpholine rings is 1. The number of ether oxygens (including phenoxy) is 1. The molecule has 1 unspecified atom stereocenters. The van der Waals surface area contributed by atoms with Gasteiger partial charge < -0.3 is 15.0 Å². The van der Waals surface area contributed by atoms with Crippen LogP contribution >= 0.6 is 11.6 Å². The number of carbonyl (C=O) groups is 2. The molecule has 0 spiro atoms. The summed E-state index contributed by atoms with van der Waals surface area (Å²) in [5.74, 6) is -0.452. The monoisotopic (exact) mass is 297 g/mol. The Balaban J connectivity index is 1.92. The molecule has 20 heavy (non-hydrogen) atoms. The highest BCUT2D eigenvalue weighted by atomic mass is 35.5. The summed E-state index contributed by atoms with van der Waals surface area (Å²) in [6.07, 6.45) is 1.38. The Morgan fingerprint density at radius 2 is 2.10 bits per heavy atom. The Kier molecular flexibility index (Phi) is 4.92. The second kappa shape index (κ2) is 6.67. The number of hydrogen-bond acceptors (Lipinski definition) is 4. The number of aromatic nitrogens is 1. The van der Waals surface area contributed by atoms with Gasteiger partial charge in [0.15, 0.2) is 0 Å². The van der Waals surface area contributed by atoms with Gasteiger partial charge in [-0.3, -0.25) is 9.59 Å². The van der Waals surface area contributed by atoms with Gasteiger partial charge in [0.1, 0.15) is 11.2 Å². The van der Waals surface area contributed by atoms with Crippen LogP contribution in [-0.4, -0.2) is 54.0 Å². The SMILES string of the molecule is CC(NC(=O)c1ccc(Cl)nc1)C(=O)N1CCOCC1. The predicted octanol–water partition coefficient (Wildman–Crippen LogP) is 0.712. The Morgan fingerprint density at radius 1 is 1.40 bits per heavy atom. The second-order valence-corrected chi connectivity index (χ2v) is 4.89. The molecule has 1 saturated heterocycles. The van der Waals surface area contributed by atoms with E-state index in [0.29, 0.717) is 37.0 Å². The summed E-state index contributed by atoms with van der Waals surface area (Å²) in [5.41, 5.74) is 0.371. The fourth-order valence-electron chi connectivity index (χ4n) is 1.91. The molecule has 6 nitrogen and oxygen atoms in total. The van der Waals surface area contributed by atoms with Crippen LogP contribution in [0.3, 0.4) is 0 Å². The Bertz CT molecular complexity index is 486. The molecular formula is C13H16ClN3O3. The van der Waals surface area contributed by atoms with Crippen LogP contribution in [0.2, 0.25) is 5.15 Å². The number of carbonyl (C=O) groups excluding carboxylic acids is 2. The highest BCUT2D eigenvalue weighted by Crippen LogP contribution is 2.06. The number of pyridine rings is 1. The molecule has 7 heteroatoms. The van der Waals surface area contributed by atoms with Crippen molar-refractivity contribution < 1.29 is 14.3 Å².